The number of sulfonamides is 1. The van der Waals surface area contributed by atoms with Crippen LogP contribution in [0.2, 0.25) is 0 Å². The minimum atomic E-state index is -3.54. The van der Waals surface area contributed by atoms with Crippen molar-refractivity contribution < 1.29 is 32.6 Å². The zero-order chi connectivity index (χ0) is 22.6. The van der Waals surface area contributed by atoms with Crippen LogP contribution in [-0.4, -0.2) is 72.0 Å². The molecule has 1 saturated heterocycles. The first-order valence-corrected chi connectivity index (χ1v) is 11.1. The molecule has 0 aromatic heterocycles. The molecular formula is C21H23FN2O6S. The molecular weight excluding hydrogens is 427 g/mol. The third-order valence-corrected chi connectivity index (χ3v) is 7.37. The number of carbonyl (C=O) groups is 2. The molecule has 0 saturated carbocycles. The SMILES string of the molecule is O=C(O)C(=O)O.O=S(=O)(c1ccc(F)cc1)N1CCN(C2Cc3ccccc3C2)CC1. The Morgan fingerprint density at radius 3 is 1.77 bits per heavy atom. The van der Waals surface area contributed by atoms with Gasteiger partial charge in [0.1, 0.15) is 5.82 Å². The predicted octanol–water partition coefficient (Wildman–Crippen LogP) is 1.45. The number of piperazine rings is 1. The monoisotopic (exact) mass is 450 g/mol. The van der Waals surface area contributed by atoms with Crippen LogP contribution in [0.1, 0.15) is 11.1 Å². The van der Waals surface area contributed by atoms with Gasteiger partial charge in [0, 0.05) is 32.2 Å². The zero-order valence-electron chi connectivity index (χ0n) is 16.6. The van der Waals surface area contributed by atoms with Crippen molar-refractivity contribution in [2.45, 2.75) is 23.8 Å². The summed E-state index contributed by atoms with van der Waals surface area (Å²) in [5, 5.41) is 14.8. The van der Waals surface area contributed by atoms with Gasteiger partial charge in [-0.1, -0.05) is 24.3 Å². The molecule has 0 unspecified atom stereocenters. The van der Waals surface area contributed by atoms with E-state index in [9.17, 15) is 12.8 Å². The van der Waals surface area contributed by atoms with Gasteiger partial charge in [0.25, 0.3) is 0 Å². The van der Waals surface area contributed by atoms with Gasteiger partial charge >= 0.3 is 11.9 Å². The lowest BCUT2D eigenvalue weighted by Crippen LogP contribution is -2.52. The second-order valence-electron chi connectivity index (χ2n) is 7.34. The van der Waals surface area contributed by atoms with Crippen LogP contribution >= 0.6 is 0 Å². The molecule has 0 spiro atoms. The Morgan fingerprint density at radius 2 is 1.32 bits per heavy atom. The highest BCUT2D eigenvalue weighted by Gasteiger charge is 2.33. The molecule has 10 heteroatoms. The fourth-order valence-electron chi connectivity index (χ4n) is 3.86. The summed E-state index contributed by atoms with van der Waals surface area (Å²) in [6.45, 7) is 2.43. The lowest BCUT2D eigenvalue weighted by molar-refractivity contribution is -0.159. The van der Waals surface area contributed by atoms with Gasteiger partial charge in [-0.15, -0.1) is 0 Å². The third kappa shape index (κ3) is 5.46. The number of hydrogen-bond acceptors (Lipinski definition) is 5. The Kier molecular flexibility index (Phi) is 7.04. The maximum Gasteiger partial charge on any atom is 0.414 e. The summed E-state index contributed by atoms with van der Waals surface area (Å²) in [6, 6.07) is 14.1. The number of benzene rings is 2. The van der Waals surface area contributed by atoms with Crippen LogP contribution in [-0.2, 0) is 32.5 Å². The van der Waals surface area contributed by atoms with Crippen molar-refractivity contribution in [3.8, 4) is 0 Å². The first-order valence-electron chi connectivity index (χ1n) is 9.71. The second-order valence-corrected chi connectivity index (χ2v) is 9.27. The molecule has 0 bridgehead atoms. The lowest BCUT2D eigenvalue weighted by atomic mass is 10.1. The number of nitrogens with zero attached hydrogens (tertiary/aromatic N) is 2. The summed E-state index contributed by atoms with van der Waals surface area (Å²) in [6.07, 6.45) is 2.09. The highest BCUT2D eigenvalue weighted by Crippen LogP contribution is 2.27. The fourth-order valence-corrected chi connectivity index (χ4v) is 5.28. The molecule has 2 N–H and O–H groups in total. The van der Waals surface area contributed by atoms with E-state index in [4.69, 9.17) is 19.8 Å². The molecule has 2 aromatic carbocycles. The van der Waals surface area contributed by atoms with E-state index in [0.29, 0.717) is 19.1 Å². The van der Waals surface area contributed by atoms with Gasteiger partial charge < -0.3 is 10.2 Å². The summed E-state index contributed by atoms with van der Waals surface area (Å²) >= 11 is 0. The Labute approximate surface area is 179 Å². The Morgan fingerprint density at radius 1 is 0.839 bits per heavy atom. The Bertz CT molecular complexity index is 1010. The summed E-state index contributed by atoms with van der Waals surface area (Å²) in [5.41, 5.74) is 2.82. The first kappa shape index (κ1) is 22.9. The molecule has 0 amide bonds. The van der Waals surface area contributed by atoms with E-state index in [-0.39, 0.29) is 4.90 Å². The number of aliphatic carboxylic acids is 2. The standard InChI is InChI=1S/C19H21FN2O2S.C2H2O4/c20-17-5-7-19(8-6-17)25(23,24)22-11-9-21(10-12-22)18-13-15-3-1-2-4-16(15)14-18;3-1(4)2(5)6/h1-8,18H,9-14H2;(H,3,4)(H,5,6). The van der Waals surface area contributed by atoms with Crippen molar-refractivity contribution in [3.63, 3.8) is 0 Å². The van der Waals surface area contributed by atoms with E-state index < -0.39 is 27.8 Å². The smallest absolute Gasteiger partial charge is 0.414 e. The number of halogens is 1. The number of carboxylic acid groups (broad SMARTS) is 2. The quantitative estimate of drug-likeness (QED) is 0.680. The van der Waals surface area contributed by atoms with Crippen molar-refractivity contribution in [2.75, 3.05) is 26.2 Å². The van der Waals surface area contributed by atoms with E-state index in [0.717, 1.165) is 25.9 Å². The Balaban J connectivity index is 0.000000401. The third-order valence-electron chi connectivity index (χ3n) is 5.45. The van der Waals surface area contributed by atoms with E-state index >= 15 is 0 Å². The molecule has 0 radical (unpaired) electrons. The minimum absolute atomic E-state index is 0.163. The largest absolute Gasteiger partial charge is 0.473 e. The average molecular weight is 450 g/mol. The summed E-state index contributed by atoms with van der Waals surface area (Å²) in [5.74, 6) is -4.07. The molecule has 1 heterocycles. The predicted molar refractivity (Wildman–Crippen MR) is 110 cm³/mol. The van der Waals surface area contributed by atoms with Gasteiger partial charge in [-0.25, -0.2) is 22.4 Å². The van der Waals surface area contributed by atoms with Crippen molar-refractivity contribution in [2.24, 2.45) is 0 Å². The van der Waals surface area contributed by atoms with Gasteiger partial charge in [0.2, 0.25) is 10.0 Å². The number of fused-ring (bicyclic) bond motifs is 1. The zero-order valence-corrected chi connectivity index (χ0v) is 17.5. The molecule has 8 nitrogen and oxygen atoms in total. The summed E-state index contributed by atoms with van der Waals surface area (Å²) in [4.78, 5) is 20.8. The van der Waals surface area contributed by atoms with Crippen LogP contribution in [0.25, 0.3) is 0 Å². The van der Waals surface area contributed by atoms with Gasteiger partial charge in [-0.05, 0) is 48.2 Å². The average Bonchev–Trinajstić information content (AvgIpc) is 3.19. The molecule has 166 valence electrons. The van der Waals surface area contributed by atoms with Crippen molar-refractivity contribution in [1.82, 2.24) is 9.21 Å². The normalized spacial score (nSPS) is 17.5. The molecule has 1 fully saturated rings. The van der Waals surface area contributed by atoms with Gasteiger partial charge in [-0.3, -0.25) is 4.90 Å². The molecule has 4 rings (SSSR count). The Hall–Kier alpha value is -2.82. The van der Waals surface area contributed by atoms with Gasteiger partial charge in [0.15, 0.2) is 0 Å². The summed E-state index contributed by atoms with van der Waals surface area (Å²) in [7, 11) is -3.54. The lowest BCUT2D eigenvalue weighted by Gasteiger charge is -2.37. The molecule has 0 atom stereocenters. The van der Waals surface area contributed by atoms with Gasteiger partial charge in [0.05, 0.1) is 4.90 Å². The molecule has 31 heavy (non-hydrogen) atoms. The minimum Gasteiger partial charge on any atom is -0.473 e. The number of rotatable bonds is 3. The number of carboxylic acids is 2. The maximum atomic E-state index is 13.0. The molecule has 1 aliphatic heterocycles. The second kappa shape index (κ2) is 9.54. The summed E-state index contributed by atoms with van der Waals surface area (Å²) < 4.78 is 39.9. The van der Waals surface area contributed by atoms with Crippen LogP contribution in [0.15, 0.2) is 53.4 Å². The van der Waals surface area contributed by atoms with E-state index in [2.05, 4.69) is 29.2 Å². The highest BCUT2D eigenvalue weighted by molar-refractivity contribution is 7.89. The van der Waals surface area contributed by atoms with Crippen LogP contribution in [0.4, 0.5) is 4.39 Å². The van der Waals surface area contributed by atoms with Gasteiger partial charge in [-0.2, -0.15) is 4.31 Å². The molecule has 2 aromatic rings. The van der Waals surface area contributed by atoms with E-state index in [1.807, 2.05) is 0 Å². The van der Waals surface area contributed by atoms with Crippen LogP contribution in [0.5, 0.6) is 0 Å². The fraction of sp³-hybridized carbons (Fsp3) is 0.333. The highest BCUT2D eigenvalue weighted by atomic mass is 32.2. The molecule has 2 aliphatic rings. The van der Waals surface area contributed by atoms with Crippen LogP contribution in [0, 0.1) is 5.82 Å². The molecule has 1 aliphatic carbocycles. The van der Waals surface area contributed by atoms with Crippen molar-refractivity contribution in [1.29, 1.82) is 0 Å². The van der Waals surface area contributed by atoms with Crippen molar-refractivity contribution >= 4 is 22.0 Å². The van der Waals surface area contributed by atoms with Crippen molar-refractivity contribution in [3.05, 3.63) is 65.5 Å². The van der Waals surface area contributed by atoms with Crippen LogP contribution in [0.3, 0.4) is 0 Å². The van der Waals surface area contributed by atoms with E-state index in [1.165, 1.54) is 39.7 Å². The first-order chi connectivity index (χ1) is 14.7. The van der Waals surface area contributed by atoms with E-state index in [1.54, 1.807) is 0 Å². The van der Waals surface area contributed by atoms with Crippen LogP contribution < -0.4 is 0 Å². The topological polar surface area (TPSA) is 115 Å². The number of hydrogen-bond donors (Lipinski definition) is 2. The maximum absolute atomic E-state index is 13.0.